The van der Waals surface area contributed by atoms with Gasteiger partial charge in [0.15, 0.2) is 17.9 Å². The zero-order chi connectivity index (χ0) is 41.2. The van der Waals surface area contributed by atoms with Crippen molar-refractivity contribution >= 4 is 33.7 Å². The first-order valence-electron chi connectivity index (χ1n) is 19.6. The molecule has 0 aromatic heterocycles. The van der Waals surface area contributed by atoms with E-state index >= 15 is 0 Å². The number of hydrogen-bond acceptors (Lipinski definition) is 12. The van der Waals surface area contributed by atoms with Gasteiger partial charge in [0.25, 0.3) is 0 Å². The number of cyclic esters (lactones) is 1. The Bertz CT molecular complexity index is 1830. The SMILES string of the molecule is CO[C@H]1O[C@H](CO)[C@@H](OCc2ccccc2)[C@H](OCc2ccccc2)[C@@H]1OCCC[C@@]1(O)O[C@@H]([C@H](Cc2ccccc2)C(=O)N2C(=O)OC[C@@H]2C(C)C)C(=O)C=C1Br. The van der Waals surface area contributed by atoms with Gasteiger partial charge >= 0.3 is 6.09 Å². The summed E-state index contributed by atoms with van der Waals surface area (Å²) < 4.78 is 42.8. The number of hydrogen-bond donors (Lipinski definition) is 2. The highest BCUT2D eigenvalue weighted by Crippen LogP contribution is 2.38. The summed E-state index contributed by atoms with van der Waals surface area (Å²) in [5.74, 6) is -4.42. The molecule has 6 rings (SSSR count). The van der Waals surface area contributed by atoms with Gasteiger partial charge in [-0.3, -0.25) is 9.59 Å². The van der Waals surface area contributed by atoms with Gasteiger partial charge in [0, 0.05) is 20.1 Å². The first-order chi connectivity index (χ1) is 28.0. The van der Waals surface area contributed by atoms with Crippen LogP contribution in [0.25, 0.3) is 0 Å². The molecule has 0 saturated carbocycles. The number of carbonyl (C=O) groups is 3. The summed E-state index contributed by atoms with van der Waals surface area (Å²) >= 11 is 3.35. The maximum atomic E-state index is 14.3. The van der Waals surface area contributed by atoms with E-state index in [2.05, 4.69) is 15.9 Å². The van der Waals surface area contributed by atoms with Gasteiger partial charge < -0.3 is 43.4 Å². The number of benzene rings is 3. The van der Waals surface area contributed by atoms with E-state index in [1.54, 1.807) is 0 Å². The van der Waals surface area contributed by atoms with Crippen molar-refractivity contribution in [3.05, 3.63) is 118 Å². The molecule has 2 fully saturated rings. The van der Waals surface area contributed by atoms with Gasteiger partial charge in [0.05, 0.1) is 36.3 Å². The normalized spacial score (nSPS) is 28.0. The van der Waals surface area contributed by atoms with Crippen LogP contribution in [0.5, 0.6) is 0 Å². The highest BCUT2D eigenvalue weighted by molar-refractivity contribution is 9.11. The Kier molecular flexibility index (Phi) is 15.4. The molecule has 0 unspecified atom stereocenters. The number of carbonyl (C=O) groups excluding carboxylic acids is 3. The van der Waals surface area contributed by atoms with Crippen molar-refractivity contribution < 1.29 is 57.8 Å². The molecule has 2 N–H and O–H groups in total. The van der Waals surface area contributed by atoms with Crippen LogP contribution >= 0.6 is 15.9 Å². The van der Waals surface area contributed by atoms with Gasteiger partial charge in [-0.25, -0.2) is 9.69 Å². The fraction of sp³-hybridized carbons (Fsp3) is 0.477. The van der Waals surface area contributed by atoms with Gasteiger partial charge in [-0.1, -0.05) is 105 Å². The monoisotopic (exact) mass is 865 g/mol. The minimum absolute atomic E-state index is 0.0455. The molecule has 2 saturated heterocycles. The van der Waals surface area contributed by atoms with Crippen LogP contribution in [0, 0.1) is 11.8 Å². The van der Waals surface area contributed by atoms with Crippen molar-refractivity contribution in [2.24, 2.45) is 11.8 Å². The van der Waals surface area contributed by atoms with Crippen molar-refractivity contribution in [1.29, 1.82) is 0 Å². The number of rotatable bonds is 18. The number of aliphatic hydroxyl groups is 2. The molecule has 9 atom stereocenters. The first kappa shape index (κ1) is 43.7. The highest BCUT2D eigenvalue weighted by Gasteiger charge is 2.51. The van der Waals surface area contributed by atoms with Crippen LogP contribution in [-0.2, 0) is 62.4 Å². The third kappa shape index (κ3) is 10.5. The summed E-state index contributed by atoms with van der Waals surface area (Å²) in [6.45, 7) is 3.98. The number of aliphatic hydroxyl groups excluding tert-OH is 1. The van der Waals surface area contributed by atoms with E-state index in [1.807, 2.05) is 105 Å². The molecule has 14 heteroatoms. The summed E-state index contributed by atoms with van der Waals surface area (Å²) in [4.78, 5) is 41.9. The number of ether oxygens (including phenoxy) is 7. The third-order valence-electron chi connectivity index (χ3n) is 10.7. The molecule has 13 nitrogen and oxygen atoms in total. The van der Waals surface area contributed by atoms with Gasteiger partial charge in [-0.2, -0.15) is 0 Å². The number of imide groups is 1. The smallest absolute Gasteiger partial charge is 0.416 e. The lowest BCUT2D eigenvalue weighted by atomic mass is 9.87. The van der Waals surface area contributed by atoms with E-state index < -0.39 is 72.3 Å². The molecule has 312 valence electrons. The minimum Gasteiger partial charge on any atom is -0.447 e. The van der Waals surface area contributed by atoms with Crippen LogP contribution in [0.1, 0.15) is 43.4 Å². The summed E-state index contributed by atoms with van der Waals surface area (Å²) in [6.07, 6.45) is -4.77. The lowest BCUT2D eigenvalue weighted by molar-refractivity contribution is -0.320. The molecule has 0 aliphatic carbocycles. The lowest BCUT2D eigenvalue weighted by Gasteiger charge is -2.45. The van der Waals surface area contributed by atoms with Crippen molar-refractivity contribution in [1.82, 2.24) is 4.90 Å². The molecule has 3 aromatic rings. The van der Waals surface area contributed by atoms with Crippen LogP contribution in [0.15, 0.2) is 102 Å². The fourth-order valence-electron chi connectivity index (χ4n) is 7.50. The van der Waals surface area contributed by atoms with E-state index in [9.17, 15) is 24.6 Å². The zero-order valence-corrected chi connectivity index (χ0v) is 34.5. The second-order valence-corrected chi connectivity index (χ2v) is 15.9. The Labute approximate surface area is 347 Å². The van der Waals surface area contributed by atoms with Gasteiger partial charge in [0.2, 0.25) is 5.91 Å². The predicted molar refractivity (Wildman–Crippen MR) is 214 cm³/mol. The number of amides is 2. The predicted octanol–water partition coefficient (Wildman–Crippen LogP) is 5.48. The second kappa shape index (κ2) is 20.4. The van der Waals surface area contributed by atoms with Crippen LogP contribution in [-0.4, -0.2) is 108 Å². The summed E-state index contributed by atoms with van der Waals surface area (Å²) in [7, 11) is 1.48. The molecule has 3 aromatic carbocycles. The van der Waals surface area contributed by atoms with Crippen LogP contribution in [0.3, 0.4) is 0 Å². The molecule has 3 heterocycles. The van der Waals surface area contributed by atoms with Gasteiger partial charge in [-0.15, -0.1) is 0 Å². The number of halogens is 1. The van der Waals surface area contributed by atoms with Crippen molar-refractivity contribution in [2.75, 3.05) is 26.9 Å². The second-order valence-electron chi connectivity index (χ2n) is 15.0. The zero-order valence-electron chi connectivity index (χ0n) is 32.9. The van der Waals surface area contributed by atoms with Crippen molar-refractivity contribution in [2.45, 2.75) is 95.0 Å². The molecule has 2 amide bonds. The highest BCUT2D eigenvalue weighted by atomic mass is 79.9. The lowest BCUT2D eigenvalue weighted by Crippen LogP contribution is -2.61. The van der Waals surface area contributed by atoms with Crippen LogP contribution in [0.4, 0.5) is 4.79 Å². The van der Waals surface area contributed by atoms with E-state index in [-0.39, 0.29) is 62.7 Å². The quantitative estimate of drug-likeness (QED) is 0.155. The summed E-state index contributed by atoms with van der Waals surface area (Å²) in [5.41, 5.74) is 2.60. The van der Waals surface area contributed by atoms with Crippen molar-refractivity contribution in [3.8, 4) is 0 Å². The van der Waals surface area contributed by atoms with E-state index in [0.29, 0.717) is 0 Å². The van der Waals surface area contributed by atoms with E-state index in [1.165, 1.54) is 13.2 Å². The molecule has 0 radical (unpaired) electrons. The maximum Gasteiger partial charge on any atom is 0.416 e. The Balaban J connectivity index is 1.19. The molecule has 3 aliphatic rings. The minimum atomic E-state index is -2.02. The Morgan fingerprint density at radius 1 is 0.879 bits per heavy atom. The Morgan fingerprint density at radius 3 is 2.03 bits per heavy atom. The molecule has 0 spiro atoms. The third-order valence-corrected chi connectivity index (χ3v) is 11.5. The van der Waals surface area contributed by atoms with E-state index in [4.69, 9.17) is 33.2 Å². The maximum absolute atomic E-state index is 14.3. The van der Waals surface area contributed by atoms with Crippen LogP contribution in [0.2, 0.25) is 0 Å². The number of methoxy groups -OCH3 is 1. The van der Waals surface area contributed by atoms with Gasteiger partial charge in [0.1, 0.15) is 37.1 Å². The van der Waals surface area contributed by atoms with E-state index in [0.717, 1.165) is 21.6 Å². The Morgan fingerprint density at radius 2 is 1.47 bits per heavy atom. The fourth-order valence-corrected chi connectivity index (χ4v) is 8.02. The molecule has 0 bridgehead atoms. The molecule has 3 aliphatic heterocycles. The average Bonchev–Trinajstić information content (AvgIpc) is 3.64. The summed E-state index contributed by atoms with van der Waals surface area (Å²) in [5, 5.41) is 22.4. The molecular formula is C44H52BrNO12. The average molecular weight is 867 g/mol. The number of ketones is 1. The standard InChI is InChI=1S/C44H52BrNO12/c1-28(2)33-27-56-43(50)46(33)41(49)32(22-29-14-7-4-8-15-29)37-34(48)23-36(45)44(51,58-37)20-13-21-53-40-39(55-26-31-18-11-6-12-19-31)38(35(24-47)57-42(40)52-3)54-25-30-16-9-5-10-17-30/h4-12,14-19,23,28,32-33,35,37-40,42,47,51H,13,20-22,24-27H2,1-3H3/t32-,33+,35+,37-,38+,39-,40-,42-,44+/m0/s1. The Hall–Kier alpha value is -3.83. The van der Waals surface area contributed by atoms with Crippen LogP contribution < -0.4 is 0 Å². The van der Waals surface area contributed by atoms with Crippen molar-refractivity contribution in [3.63, 3.8) is 0 Å². The summed E-state index contributed by atoms with van der Waals surface area (Å²) in [6, 6.07) is 27.9. The first-order valence-corrected chi connectivity index (χ1v) is 20.4. The molecular weight excluding hydrogens is 814 g/mol. The largest absolute Gasteiger partial charge is 0.447 e. The topological polar surface area (TPSA) is 160 Å². The molecule has 58 heavy (non-hydrogen) atoms. The number of nitrogens with zero attached hydrogens (tertiary/aromatic N) is 1. The van der Waals surface area contributed by atoms with Gasteiger partial charge in [-0.05, 0) is 57.5 Å².